The summed E-state index contributed by atoms with van der Waals surface area (Å²) in [4.78, 5) is 4.69. The molecule has 0 bridgehead atoms. The van der Waals surface area contributed by atoms with Gasteiger partial charge in [0.05, 0.1) is 6.04 Å². The van der Waals surface area contributed by atoms with E-state index >= 15 is 0 Å². The third-order valence-electron chi connectivity index (χ3n) is 4.75. The van der Waals surface area contributed by atoms with E-state index in [1.165, 1.54) is 0 Å². The number of benzene rings is 1. The van der Waals surface area contributed by atoms with Crippen molar-refractivity contribution >= 4 is 17.7 Å². The molecule has 30 heavy (non-hydrogen) atoms. The van der Waals surface area contributed by atoms with Crippen LogP contribution >= 0.6 is 11.8 Å². The Morgan fingerprint density at radius 1 is 1.27 bits per heavy atom. The van der Waals surface area contributed by atoms with Crippen LogP contribution in [0.5, 0.6) is 0 Å². The lowest BCUT2D eigenvalue weighted by atomic mass is 10.1. The molecule has 8 heteroatoms. The van der Waals surface area contributed by atoms with Gasteiger partial charge in [-0.15, -0.1) is 10.2 Å². The average Bonchev–Trinajstić information content (AvgIpc) is 3.08. The fourth-order valence-electron chi connectivity index (χ4n) is 3.12. The lowest BCUT2D eigenvalue weighted by Crippen LogP contribution is -2.38. The molecule has 0 aliphatic rings. The molecule has 6 nitrogen and oxygen atoms in total. The molecular weight excluding hydrogens is 399 g/mol. The average molecular weight is 435 g/mol. The Balaban J connectivity index is 1.96. The first-order valence-electron chi connectivity index (χ1n) is 10.6. The molecule has 0 aliphatic carbocycles. The van der Waals surface area contributed by atoms with Crippen LogP contribution in [0.25, 0.3) is 0 Å². The predicted molar refractivity (Wildman–Crippen MR) is 124 cm³/mol. The number of halogens is 1. The zero-order chi connectivity index (χ0) is 22.1. The van der Waals surface area contributed by atoms with E-state index in [2.05, 4.69) is 44.2 Å². The molecule has 0 fully saturated rings. The Labute approximate surface area is 184 Å². The van der Waals surface area contributed by atoms with Crippen molar-refractivity contribution in [3.8, 4) is 0 Å². The summed E-state index contributed by atoms with van der Waals surface area (Å²) in [5, 5.41) is 16.3. The quantitative estimate of drug-likeness (QED) is 0.252. The molecule has 0 aliphatic heterocycles. The number of aromatic nitrogens is 3. The van der Waals surface area contributed by atoms with Crippen LogP contribution in [0.2, 0.25) is 0 Å². The van der Waals surface area contributed by atoms with Gasteiger partial charge < -0.3 is 15.2 Å². The molecule has 1 atom stereocenters. The fraction of sp³-hybridized carbons (Fsp3) is 0.591. The number of nitrogens with zero attached hydrogens (tertiary/aromatic N) is 4. The molecule has 0 radical (unpaired) electrons. The number of thioether (sulfide) groups is 1. The second kappa shape index (κ2) is 11.9. The van der Waals surface area contributed by atoms with Crippen LogP contribution < -0.4 is 10.6 Å². The van der Waals surface area contributed by atoms with Gasteiger partial charge >= 0.3 is 0 Å². The zero-order valence-electron chi connectivity index (χ0n) is 19.0. The van der Waals surface area contributed by atoms with Crippen molar-refractivity contribution in [1.29, 1.82) is 0 Å². The van der Waals surface area contributed by atoms with Crippen LogP contribution in [0.4, 0.5) is 4.39 Å². The minimum Gasteiger partial charge on any atom is -0.357 e. The van der Waals surface area contributed by atoms with Crippen molar-refractivity contribution in [3.63, 3.8) is 0 Å². The first-order chi connectivity index (χ1) is 14.3. The van der Waals surface area contributed by atoms with Gasteiger partial charge in [-0.05, 0) is 56.6 Å². The molecule has 1 unspecified atom stereocenters. The van der Waals surface area contributed by atoms with Crippen molar-refractivity contribution in [1.82, 2.24) is 25.4 Å². The molecule has 2 N–H and O–H groups in total. The first-order valence-corrected chi connectivity index (χ1v) is 11.8. The van der Waals surface area contributed by atoms with E-state index in [9.17, 15) is 4.39 Å². The maximum Gasteiger partial charge on any atom is 0.191 e. The van der Waals surface area contributed by atoms with Crippen LogP contribution in [-0.2, 0) is 13.0 Å². The smallest absolute Gasteiger partial charge is 0.191 e. The molecule has 2 rings (SSSR count). The highest BCUT2D eigenvalue weighted by Gasteiger charge is 2.13. The molecule has 0 saturated heterocycles. The molecule has 0 saturated carbocycles. The van der Waals surface area contributed by atoms with Crippen LogP contribution in [0.3, 0.4) is 0 Å². The summed E-state index contributed by atoms with van der Waals surface area (Å²) in [5.41, 5.74) is 1.55. The highest BCUT2D eigenvalue weighted by atomic mass is 32.2. The second-order valence-electron chi connectivity index (χ2n) is 7.85. The normalized spacial score (nSPS) is 13.0. The Morgan fingerprint density at radius 3 is 2.67 bits per heavy atom. The lowest BCUT2D eigenvalue weighted by Gasteiger charge is -2.18. The minimum absolute atomic E-state index is 0.0452. The summed E-state index contributed by atoms with van der Waals surface area (Å²) in [6.45, 7) is 12.6. The minimum atomic E-state index is -0.182. The van der Waals surface area contributed by atoms with Gasteiger partial charge in [0.2, 0.25) is 0 Å². The zero-order valence-corrected chi connectivity index (χ0v) is 19.8. The largest absolute Gasteiger partial charge is 0.357 e. The van der Waals surface area contributed by atoms with Gasteiger partial charge in [-0.1, -0.05) is 37.7 Å². The fourth-order valence-corrected chi connectivity index (χ4v) is 3.64. The second-order valence-corrected chi connectivity index (χ2v) is 8.62. The van der Waals surface area contributed by atoms with E-state index in [0.29, 0.717) is 18.0 Å². The number of hydrogen-bond acceptors (Lipinski definition) is 4. The topological polar surface area (TPSA) is 67.1 Å². The summed E-state index contributed by atoms with van der Waals surface area (Å²) in [6.07, 6.45) is 3.75. The monoisotopic (exact) mass is 434 g/mol. The Bertz CT molecular complexity index is 833. The van der Waals surface area contributed by atoms with Crippen molar-refractivity contribution in [2.75, 3.05) is 19.3 Å². The summed E-state index contributed by atoms with van der Waals surface area (Å²) in [5.74, 6) is 2.11. The number of aryl methyl sites for hydroxylation is 2. The summed E-state index contributed by atoms with van der Waals surface area (Å²) < 4.78 is 16.1. The van der Waals surface area contributed by atoms with E-state index in [-0.39, 0.29) is 11.9 Å². The van der Waals surface area contributed by atoms with Crippen molar-refractivity contribution in [2.45, 2.75) is 65.2 Å². The standard InChI is InChI=1S/C22H35FN6S/c1-7-24-21(26-17(5)18-11-10-16(4)19(23)13-18)25-12-8-9-20-27-28-22(30-6)29(20)14-15(2)3/h10-11,13,15,17H,7-9,12,14H2,1-6H3,(H2,24,25,26). The van der Waals surface area contributed by atoms with Gasteiger partial charge in [0.1, 0.15) is 11.6 Å². The van der Waals surface area contributed by atoms with Crippen molar-refractivity contribution < 1.29 is 4.39 Å². The molecule has 166 valence electrons. The molecule has 1 aromatic heterocycles. The predicted octanol–water partition coefficient (Wildman–Crippen LogP) is 4.35. The number of aliphatic imine (C=N–C) groups is 1. The van der Waals surface area contributed by atoms with E-state index in [4.69, 9.17) is 0 Å². The highest BCUT2D eigenvalue weighted by molar-refractivity contribution is 7.98. The molecule has 0 amide bonds. The molecule has 0 spiro atoms. The number of nitrogens with one attached hydrogen (secondary N) is 2. The van der Waals surface area contributed by atoms with Crippen LogP contribution in [0.1, 0.15) is 57.1 Å². The summed E-state index contributed by atoms with van der Waals surface area (Å²) >= 11 is 1.63. The van der Waals surface area contributed by atoms with E-state index in [1.54, 1.807) is 24.8 Å². The lowest BCUT2D eigenvalue weighted by molar-refractivity contribution is 0.477. The van der Waals surface area contributed by atoms with Crippen molar-refractivity contribution in [2.24, 2.45) is 10.9 Å². The molecule has 1 heterocycles. The van der Waals surface area contributed by atoms with Gasteiger partial charge in [0.15, 0.2) is 11.1 Å². The van der Waals surface area contributed by atoms with Crippen LogP contribution in [0.15, 0.2) is 28.3 Å². The van der Waals surface area contributed by atoms with Gasteiger partial charge in [0, 0.05) is 26.1 Å². The number of rotatable bonds is 10. The van der Waals surface area contributed by atoms with E-state index < -0.39 is 0 Å². The third-order valence-corrected chi connectivity index (χ3v) is 5.41. The maximum absolute atomic E-state index is 13.9. The van der Waals surface area contributed by atoms with E-state index in [0.717, 1.165) is 48.4 Å². The SMILES string of the molecule is CCNC(=NCCCc1nnc(SC)n1CC(C)C)NC(C)c1ccc(C)c(F)c1. The Hall–Kier alpha value is -2.09. The highest BCUT2D eigenvalue weighted by Crippen LogP contribution is 2.17. The van der Waals surface area contributed by atoms with Gasteiger partial charge in [-0.3, -0.25) is 4.99 Å². The van der Waals surface area contributed by atoms with Crippen LogP contribution in [0, 0.1) is 18.7 Å². The summed E-state index contributed by atoms with van der Waals surface area (Å²) in [6, 6.07) is 5.30. The first kappa shape index (κ1) is 24.2. The molecular formula is C22H35FN6S. The molecule has 1 aromatic carbocycles. The molecule has 2 aromatic rings. The number of hydrogen-bond donors (Lipinski definition) is 2. The third kappa shape index (κ3) is 7.00. The van der Waals surface area contributed by atoms with Crippen LogP contribution in [-0.4, -0.2) is 40.1 Å². The van der Waals surface area contributed by atoms with E-state index in [1.807, 2.05) is 32.2 Å². The van der Waals surface area contributed by atoms with Gasteiger partial charge in [0.25, 0.3) is 0 Å². The Morgan fingerprint density at radius 2 is 2.03 bits per heavy atom. The maximum atomic E-state index is 13.9. The van der Waals surface area contributed by atoms with Gasteiger partial charge in [-0.25, -0.2) is 4.39 Å². The number of guanidine groups is 1. The Kier molecular flexibility index (Phi) is 9.62. The van der Waals surface area contributed by atoms with Gasteiger partial charge in [-0.2, -0.15) is 0 Å². The summed E-state index contributed by atoms with van der Waals surface area (Å²) in [7, 11) is 0. The van der Waals surface area contributed by atoms with Crippen molar-refractivity contribution in [3.05, 3.63) is 41.0 Å².